The van der Waals surface area contributed by atoms with Crippen molar-refractivity contribution in [1.82, 2.24) is 9.78 Å². The van der Waals surface area contributed by atoms with Gasteiger partial charge >= 0.3 is 5.97 Å². The number of ether oxygens (including phenoxy) is 1. The molecule has 1 aromatic carbocycles. The molecule has 0 bridgehead atoms. The molecule has 0 aliphatic carbocycles. The lowest BCUT2D eigenvalue weighted by Gasteiger charge is -2.01. The molecule has 2 aromatic rings. The summed E-state index contributed by atoms with van der Waals surface area (Å²) in [6, 6.07) is 9.74. The number of rotatable bonds is 4. The Morgan fingerprint density at radius 1 is 1.41 bits per heavy atom. The maximum absolute atomic E-state index is 10.9. The quantitative estimate of drug-likeness (QED) is 0.809. The summed E-state index contributed by atoms with van der Waals surface area (Å²) >= 11 is 0. The second kappa shape index (κ2) is 5.16. The van der Waals surface area contributed by atoms with Crippen LogP contribution in [-0.2, 0) is 9.53 Å². The normalized spacial score (nSPS) is 9.94. The minimum Gasteiger partial charge on any atom is -0.468 e. The van der Waals surface area contributed by atoms with Gasteiger partial charge in [0.15, 0.2) is 0 Å². The van der Waals surface area contributed by atoms with Crippen molar-refractivity contribution < 1.29 is 9.53 Å². The van der Waals surface area contributed by atoms with E-state index in [1.165, 1.54) is 7.11 Å². The number of hydrogen-bond acceptors (Lipinski definition) is 4. The van der Waals surface area contributed by atoms with E-state index in [2.05, 4.69) is 15.2 Å². The molecule has 1 aromatic heterocycles. The third-order valence-corrected chi connectivity index (χ3v) is 2.27. The highest BCUT2D eigenvalue weighted by Crippen LogP contribution is 2.10. The van der Waals surface area contributed by atoms with Crippen molar-refractivity contribution >= 4 is 11.7 Å². The second-order valence-electron chi connectivity index (χ2n) is 3.44. The van der Waals surface area contributed by atoms with Gasteiger partial charge in [-0.2, -0.15) is 5.10 Å². The Morgan fingerprint density at radius 2 is 2.18 bits per heavy atom. The molecule has 17 heavy (non-hydrogen) atoms. The third kappa shape index (κ3) is 2.84. The summed E-state index contributed by atoms with van der Waals surface area (Å²) in [5.41, 5.74) is 1.75. The summed E-state index contributed by atoms with van der Waals surface area (Å²) < 4.78 is 6.27. The van der Waals surface area contributed by atoms with E-state index in [0.29, 0.717) is 0 Å². The zero-order valence-electron chi connectivity index (χ0n) is 9.46. The van der Waals surface area contributed by atoms with Crippen molar-refractivity contribution in [2.75, 3.05) is 19.0 Å². The summed E-state index contributed by atoms with van der Waals surface area (Å²) in [5.74, 6) is -0.308. The van der Waals surface area contributed by atoms with E-state index in [-0.39, 0.29) is 12.5 Å². The Balaban J connectivity index is 2.04. The van der Waals surface area contributed by atoms with Crippen molar-refractivity contribution in [2.24, 2.45) is 0 Å². The van der Waals surface area contributed by atoms with Crippen LogP contribution in [-0.4, -0.2) is 29.4 Å². The van der Waals surface area contributed by atoms with Gasteiger partial charge in [-0.25, -0.2) is 4.68 Å². The molecular weight excluding hydrogens is 218 g/mol. The highest BCUT2D eigenvalue weighted by molar-refractivity contribution is 5.74. The first-order chi connectivity index (χ1) is 8.29. The molecule has 88 valence electrons. The topological polar surface area (TPSA) is 56.1 Å². The van der Waals surface area contributed by atoms with Crippen molar-refractivity contribution in [2.45, 2.75) is 0 Å². The molecule has 1 heterocycles. The van der Waals surface area contributed by atoms with Crippen LogP contribution in [0.2, 0.25) is 0 Å². The predicted molar refractivity (Wildman–Crippen MR) is 64.1 cm³/mol. The van der Waals surface area contributed by atoms with E-state index >= 15 is 0 Å². The highest BCUT2D eigenvalue weighted by Gasteiger charge is 2.02. The first-order valence-corrected chi connectivity index (χ1v) is 5.20. The lowest BCUT2D eigenvalue weighted by atomic mass is 10.3. The number of aromatic nitrogens is 2. The van der Waals surface area contributed by atoms with Crippen LogP contribution in [0.1, 0.15) is 0 Å². The zero-order valence-corrected chi connectivity index (χ0v) is 9.46. The van der Waals surface area contributed by atoms with Gasteiger partial charge in [0.25, 0.3) is 0 Å². The van der Waals surface area contributed by atoms with Crippen molar-refractivity contribution in [3.63, 3.8) is 0 Å². The summed E-state index contributed by atoms with van der Waals surface area (Å²) in [6.45, 7) is 0.136. The summed E-state index contributed by atoms with van der Waals surface area (Å²) in [6.07, 6.45) is 3.48. The molecule has 5 heteroatoms. The van der Waals surface area contributed by atoms with Crippen LogP contribution in [0.15, 0.2) is 42.7 Å². The van der Waals surface area contributed by atoms with Crippen LogP contribution in [0, 0.1) is 0 Å². The van der Waals surface area contributed by atoms with E-state index in [0.717, 1.165) is 11.4 Å². The van der Waals surface area contributed by atoms with Gasteiger partial charge in [-0.1, -0.05) is 18.2 Å². The van der Waals surface area contributed by atoms with E-state index in [4.69, 9.17) is 0 Å². The molecule has 2 rings (SSSR count). The van der Waals surface area contributed by atoms with Gasteiger partial charge in [0.05, 0.1) is 30.9 Å². The van der Waals surface area contributed by atoms with Gasteiger partial charge in [-0.3, -0.25) is 4.79 Å². The number of nitrogens with zero attached hydrogens (tertiary/aromatic N) is 2. The number of esters is 1. The maximum atomic E-state index is 10.9. The number of benzene rings is 1. The first kappa shape index (κ1) is 11.2. The number of methoxy groups -OCH3 is 1. The van der Waals surface area contributed by atoms with Crippen LogP contribution in [0.3, 0.4) is 0 Å². The predicted octanol–water partition coefficient (Wildman–Crippen LogP) is 1.46. The molecule has 0 amide bonds. The maximum Gasteiger partial charge on any atom is 0.325 e. The fourth-order valence-corrected chi connectivity index (χ4v) is 1.38. The number of carbonyl (C=O) groups is 1. The molecule has 0 atom stereocenters. The third-order valence-electron chi connectivity index (χ3n) is 2.27. The van der Waals surface area contributed by atoms with Crippen LogP contribution in [0.5, 0.6) is 0 Å². The largest absolute Gasteiger partial charge is 0.468 e. The number of carbonyl (C=O) groups excluding carboxylic acids is 1. The summed E-state index contributed by atoms with van der Waals surface area (Å²) in [5, 5.41) is 7.12. The second-order valence-corrected chi connectivity index (χ2v) is 3.44. The van der Waals surface area contributed by atoms with Crippen molar-refractivity contribution in [3.05, 3.63) is 42.7 Å². The fraction of sp³-hybridized carbons (Fsp3) is 0.167. The molecule has 0 saturated carbocycles. The van der Waals surface area contributed by atoms with Crippen LogP contribution >= 0.6 is 0 Å². The molecule has 0 unspecified atom stereocenters. The molecule has 0 radical (unpaired) electrons. The van der Waals surface area contributed by atoms with Crippen LogP contribution in [0.4, 0.5) is 5.69 Å². The molecular formula is C12H13N3O2. The number of anilines is 1. The smallest absolute Gasteiger partial charge is 0.325 e. The average molecular weight is 231 g/mol. The van der Waals surface area contributed by atoms with E-state index in [1.807, 2.05) is 36.5 Å². The zero-order chi connectivity index (χ0) is 12.1. The molecule has 0 aliphatic rings. The van der Waals surface area contributed by atoms with Gasteiger partial charge in [0.2, 0.25) is 0 Å². The van der Waals surface area contributed by atoms with E-state index in [1.54, 1.807) is 10.9 Å². The van der Waals surface area contributed by atoms with Gasteiger partial charge in [-0.15, -0.1) is 0 Å². The van der Waals surface area contributed by atoms with Gasteiger partial charge in [0, 0.05) is 0 Å². The molecule has 0 spiro atoms. The molecule has 0 fully saturated rings. The van der Waals surface area contributed by atoms with Crippen molar-refractivity contribution in [1.29, 1.82) is 0 Å². The van der Waals surface area contributed by atoms with E-state index < -0.39 is 0 Å². The molecule has 1 N–H and O–H groups in total. The Labute approximate surface area is 99.0 Å². The van der Waals surface area contributed by atoms with Gasteiger partial charge < -0.3 is 10.1 Å². The monoisotopic (exact) mass is 231 g/mol. The van der Waals surface area contributed by atoms with Crippen LogP contribution in [0.25, 0.3) is 5.69 Å². The Kier molecular flexibility index (Phi) is 3.40. The molecule has 5 nitrogen and oxygen atoms in total. The number of hydrogen-bond donors (Lipinski definition) is 1. The van der Waals surface area contributed by atoms with Crippen molar-refractivity contribution in [3.8, 4) is 5.69 Å². The summed E-state index contributed by atoms with van der Waals surface area (Å²) in [7, 11) is 1.36. The first-order valence-electron chi connectivity index (χ1n) is 5.20. The van der Waals surface area contributed by atoms with Gasteiger partial charge in [-0.05, 0) is 12.1 Å². The number of nitrogens with one attached hydrogen (secondary N) is 1. The molecule has 0 saturated heterocycles. The van der Waals surface area contributed by atoms with Crippen LogP contribution < -0.4 is 5.32 Å². The molecule has 0 aliphatic heterocycles. The fourth-order valence-electron chi connectivity index (χ4n) is 1.38. The Hall–Kier alpha value is -2.30. The number of para-hydroxylation sites is 1. The minimum absolute atomic E-state index is 0.136. The minimum atomic E-state index is -0.308. The lowest BCUT2D eigenvalue weighted by Crippen LogP contribution is -2.14. The lowest BCUT2D eigenvalue weighted by molar-refractivity contribution is -0.138. The summed E-state index contributed by atoms with van der Waals surface area (Å²) in [4.78, 5) is 10.9. The SMILES string of the molecule is COC(=O)CNc1cnn(-c2ccccc2)c1. The standard InChI is InChI=1S/C12H13N3O2/c1-17-12(16)8-13-10-7-14-15(9-10)11-5-3-2-4-6-11/h2-7,9,13H,8H2,1H3. The van der Waals surface area contributed by atoms with E-state index in [9.17, 15) is 4.79 Å². The highest BCUT2D eigenvalue weighted by atomic mass is 16.5. The average Bonchev–Trinajstić information content (AvgIpc) is 2.86. The Morgan fingerprint density at radius 3 is 2.88 bits per heavy atom. The Bertz CT molecular complexity index is 493. The van der Waals surface area contributed by atoms with Gasteiger partial charge in [0.1, 0.15) is 6.54 Å².